The third-order valence-corrected chi connectivity index (χ3v) is 8.41. The number of nitrogens with zero attached hydrogens (tertiary/aromatic N) is 3. The van der Waals surface area contributed by atoms with Crippen LogP contribution in [0.1, 0.15) is 16.8 Å². The molecule has 0 bridgehead atoms. The SMILES string of the molecule is COc1ccc2nc(S(=O)Cc3ncc(C)c(OC)c3C)n(S(=O)(=O)c3ccc(F)cc3)c2c1. The molecular weight excluding hydrogens is 481 g/mol. The largest absolute Gasteiger partial charge is 0.497 e. The molecule has 0 aliphatic heterocycles. The van der Waals surface area contributed by atoms with Crippen LogP contribution in [0.3, 0.4) is 0 Å². The van der Waals surface area contributed by atoms with Gasteiger partial charge in [0.1, 0.15) is 17.3 Å². The summed E-state index contributed by atoms with van der Waals surface area (Å²) in [5.74, 6) is 0.372. The Balaban J connectivity index is 1.89. The van der Waals surface area contributed by atoms with Gasteiger partial charge in [0.15, 0.2) is 0 Å². The van der Waals surface area contributed by atoms with Crippen LogP contribution in [0.4, 0.5) is 4.39 Å². The van der Waals surface area contributed by atoms with Crippen LogP contribution in [0.25, 0.3) is 11.0 Å². The fourth-order valence-corrected chi connectivity index (χ4v) is 6.67. The van der Waals surface area contributed by atoms with Crippen LogP contribution >= 0.6 is 0 Å². The van der Waals surface area contributed by atoms with Gasteiger partial charge in [0.05, 0.1) is 52.4 Å². The van der Waals surface area contributed by atoms with E-state index >= 15 is 0 Å². The molecule has 0 amide bonds. The summed E-state index contributed by atoms with van der Waals surface area (Å²) in [6.07, 6.45) is 1.61. The molecule has 2 aromatic heterocycles. The molecule has 0 N–H and O–H groups in total. The summed E-state index contributed by atoms with van der Waals surface area (Å²) in [7, 11) is -3.17. The molecule has 0 saturated carbocycles. The standard InChI is InChI=1S/C23H22FN3O5S2/c1-14-12-25-20(15(2)22(14)32-4)13-33(28)23-26-19-10-7-17(31-3)11-21(19)27(23)34(29,30)18-8-5-16(24)6-9-18/h5-12H,13H2,1-4H3. The molecule has 34 heavy (non-hydrogen) atoms. The van der Waals surface area contributed by atoms with Gasteiger partial charge < -0.3 is 9.47 Å². The zero-order valence-corrected chi connectivity index (χ0v) is 20.5. The normalized spacial score (nSPS) is 12.6. The first-order chi connectivity index (χ1) is 16.2. The molecule has 0 aliphatic rings. The molecule has 178 valence electrons. The van der Waals surface area contributed by atoms with E-state index in [9.17, 15) is 17.0 Å². The average molecular weight is 504 g/mol. The Morgan fingerprint density at radius 2 is 1.76 bits per heavy atom. The molecule has 8 nitrogen and oxygen atoms in total. The second-order valence-corrected chi connectivity index (χ2v) is 10.6. The lowest BCUT2D eigenvalue weighted by Gasteiger charge is -2.13. The van der Waals surface area contributed by atoms with Crippen molar-refractivity contribution in [3.8, 4) is 11.5 Å². The molecule has 4 aromatic rings. The lowest BCUT2D eigenvalue weighted by Crippen LogP contribution is -2.18. The molecule has 4 rings (SSSR count). The Hall–Kier alpha value is -3.31. The van der Waals surface area contributed by atoms with Crippen molar-refractivity contribution in [2.75, 3.05) is 14.2 Å². The van der Waals surface area contributed by atoms with E-state index in [-0.39, 0.29) is 21.3 Å². The third-order valence-electron chi connectivity index (χ3n) is 5.36. The van der Waals surface area contributed by atoms with Gasteiger partial charge in [-0.2, -0.15) is 0 Å². The van der Waals surface area contributed by atoms with Crippen molar-refractivity contribution < 1.29 is 26.5 Å². The smallest absolute Gasteiger partial charge is 0.270 e. The van der Waals surface area contributed by atoms with Crippen molar-refractivity contribution in [2.45, 2.75) is 29.7 Å². The molecule has 11 heteroatoms. The van der Waals surface area contributed by atoms with E-state index in [0.717, 1.165) is 33.8 Å². The average Bonchev–Trinajstić information content (AvgIpc) is 3.21. The van der Waals surface area contributed by atoms with Gasteiger partial charge in [0, 0.05) is 23.4 Å². The van der Waals surface area contributed by atoms with E-state index in [0.29, 0.717) is 28.3 Å². The van der Waals surface area contributed by atoms with Gasteiger partial charge in [-0.05, 0) is 50.2 Å². The van der Waals surface area contributed by atoms with Gasteiger partial charge in [0.2, 0.25) is 5.16 Å². The summed E-state index contributed by atoms with van der Waals surface area (Å²) >= 11 is 0. The number of hydrogen-bond acceptors (Lipinski definition) is 7. The van der Waals surface area contributed by atoms with Gasteiger partial charge in [-0.1, -0.05) is 0 Å². The van der Waals surface area contributed by atoms with Gasteiger partial charge in [-0.25, -0.2) is 21.8 Å². The first kappa shape index (κ1) is 23.8. The lowest BCUT2D eigenvalue weighted by atomic mass is 10.1. The van der Waals surface area contributed by atoms with Crippen molar-refractivity contribution in [3.05, 3.63) is 71.3 Å². The number of aromatic nitrogens is 3. The molecule has 0 aliphatic carbocycles. The number of rotatable bonds is 7. The Morgan fingerprint density at radius 3 is 2.41 bits per heavy atom. The van der Waals surface area contributed by atoms with E-state index in [4.69, 9.17) is 9.47 Å². The van der Waals surface area contributed by atoms with Gasteiger partial charge in [-0.3, -0.25) is 9.19 Å². The first-order valence-corrected chi connectivity index (χ1v) is 12.9. The molecule has 2 heterocycles. The van der Waals surface area contributed by atoms with Crippen molar-refractivity contribution in [1.29, 1.82) is 0 Å². The van der Waals surface area contributed by atoms with Crippen molar-refractivity contribution >= 4 is 31.9 Å². The number of benzene rings is 2. The molecule has 2 aromatic carbocycles. The highest BCUT2D eigenvalue weighted by atomic mass is 32.2. The number of methoxy groups -OCH3 is 2. The van der Waals surface area contributed by atoms with E-state index in [1.165, 1.54) is 20.3 Å². The van der Waals surface area contributed by atoms with Crippen LogP contribution in [0.2, 0.25) is 0 Å². The van der Waals surface area contributed by atoms with E-state index in [1.807, 2.05) is 6.92 Å². The fourth-order valence-electron chi connectivity index (χ4n) is 3.63. The maximum atomic E-state index is 13.6. The Bertz CT molecular complexity index is 1520. The number of halogens is 1. The summed E-state index contributed by atoms with van der Waals surface area (Å²) in [4.78, 5) is 8.58. The highest BCUT2D eigenvalue weighted by molar-refractivity contribution is 7.91. The molecule has 0 spiro atoms. The predicted octanol–water partition coefficient (Wildman–Crippen LogP) is 3.75. The number of ether oxygens (including phenoxy) is 2. The molecule has 0 fully saturated rings. The van der Waals surface area contributed by atoms with Gasteiger partial charge in [0.25, 0.3) is 10.0 Å². The third kappa shape index (κ3) is 4.16. The van der Waals surface area contributed by atoms with Crippen LogP contribution < -0.4 is 9.47 Å². The summed E-state index contributed by atoms with van der Waals surface area (Å²) < 4.78 is 65.8. The van der Waals surface area contributed by atoms with E-state index in [1.54, 1.807) is 25.3 Å². The Labute approximate surface area is 198 Å². The van der Waals surface area contributed by atoms with Crippen LogP contribution in [-0.2, 0) is 26.6 Å². The van der Waals surface area contributed by atoms with Crippen LogP contribution in [0.15, 0.2) is 58.7 Å². The van der Waals surface area contributed by atoms with Crippen molar-refractivity contribution in [2.24, 2.45) is 0 Å². The summed E-state index contributed by atoms with van der Waals surface area (Å²) in [6.45, 7) is 3.65. The second kappa shape index (κ2) is 9.15. The van der Waals surface area contributed by atoms with Gasteiger partial charge in [-0.15, -0.1) is 0 Å². The summed E-state index contributed by atoms with van der Waals surface area (Å²) in [5, 5.41) is -0.173. The quantitative estimate of drug-likeness (QED) is 0.379. The molecule has 0 saturated heterocycles. The number of imidazole rings is 1. The van der Waals surface area contributed by atoms with Gasteiger partial charge >= 0.3 is 0 Å². The molecule has 1 atom stereocenters. The number of fused-ring (bicyclic) bond motifs is 1. The van der Waals surface area contributed by atoms with E-state index < -0.39 is 26.6 Å². The predicted molar refractivity (Wildman–Crippen MR) is 126 cm³/mol. The van der Waals surface area contributed by atoms with Crippen LogP contribution in [0.5, 0.6) is 11.5 Å². The van der Waals surface area contributed by atoms with Crippen molar-refractivity contribution in [1.82, 2.24) is 13.9 Å². The maximum absolute atomic E-state index is 13.6. The number of aryl methyl sites for hydroxylation is 1. The second-order valence-electron chi connectivity index (χ2n) is 7.51. The highest BCUT2D eigenvalue weighted by Crippen LogP contribution is 2.30. The summed E-state index contributed by atoms with van der Waals surface area (Å²) in [5.41, 5.74) is 2.55. The van der Waals surface area contributed by atoms with E-state index in [2.05, 4.69) is 9.97 Å². The minimum atomic E-state index is -4.27. The maximum Gasteiger partial charge on any atom is 0.270 e. The van der Waals surface area contributed by atoms with Crippen LogP contribution in [-0.4, -0.2) is 40.8 Å². The number of hydrogen-bond donors (Lipinski definition) is 0. The zero-order valence-electron chi connectivity index (χ0n) is 18.9. The Kier molecular flexibility index (Phi) is 6.41. The summed E-state index contributed by atoms with van der Waals surface area (Å²) in [6, 6.07) is 9.13. The number of pyridine rings is 1. The monoisotopic (exact) mass is 503 g/mol. The molecule has 1 unspecified atom stereocenters. The first-order valence-electron chi connectivity index (χ1n) is 10.1. The van der Waals surface area contributed by atoms with Crippen LogP contribution in [0, 0.1) is 19.7 Å². The fraction of sp³-hybridized carbons (Fsp3) is 0.217. The highest BCUT2D eigenvalue weighted by Gasteiger charge is 2.28. The topological polar surface area (TPSA) is 100 Å². The van der Waals surface area contributed by atoms with Crippen molar-refractivity contribution in [3.63, 3.8) is 0 Å². The Morgan fingerprint density at radius 1 is 1.06 bits per heavy atom. The molecule has 0 radical (unpaired) electrons. The minimum absolute atomic E-state index is 0.0815. The lowest BCUT2D eigenvalue weighted by molar-refractivity contribution is 0.407. The molecular formula is C23H22FN3O5S2. The minimum Gasteiger partial charge on any atom is -0.497 e. The zero-order chi connectivity index (χ0) is 24.6.